The number of para-hydroxylation sites is 1. The van der Waals surface area contributed by atoms with E-state index in [1.807, 2.05) is 30.3 Å². The molecule has 0 spiro atoms. The summed E-state index contributed by atoms with van der Waals surface area (Å²) in [7, 11) is 0. The van der Waals surface area contributed by atoms with Gasteiger partial charge in [-0.05, 0) is 24.3 Å². The lowest BCUT2D eigenvalue weighted by molar-refractivity contribution is 0.264. The van der Waals surface area contributed by atoms with Gasteiger partial charge in [-0.25, -0.2) is 0 Å². The molecule has 1 aromatic heterocycles. The fourth-order valence-electron chi connectivity index (χ4n) is 1.83. The average Bonchev–Trinajstić information content (AvgIpc) is 3.03. The second-order valence-corrected chi connectivity index (χ2v) is 4.26. The van der Waals surface area contributed by atoms with Gasteiger partial charge in [0, 0.05) is 5.56 Å². The Morgan fingerprint density at radius 3 is 2.57 bits per heavy atom. The maximum atomic E-state index is 8.99. The zero-order chi connectivity index (χ0) is 14.5. The number of ether oxygens (including phenoxy) is 1. The number of nitrogens with zero attached hydrogens (tertiary/aromatic N) is 3. The lowest BCUT2D eigenvalue weighted by atomic mass is 10.2. The van der Waals surface area contributed by atoms with Gasteiger partial charge in [0.1, 0.15) is 11.8 Å². The third kappa shape index (κ3) is 2.90. The summed E-state index contributed by atoms with van der Waals surface area (Å²) in [4.78, 5) is 0. The number of benzene rings is 2. The molecule has 2 aromatic carbocycles. The van der Waals surface area contributed by atoms with Crippen LogP contribution >= 0.6 is 0 Å². The van der Waals surface area contributed by atoms with E-state index in [4.69, 9.17) is 14.4 Å². The van der Waals surface area contributed by atoms with Crippen LogP contribution in [0.1, 0.15) is 11.5 Å². The first kappa shape index (κ1) is 12.9. The van der Waals surface area contributed by atoms with Crippen LogP contribution in [0.2, 0.25) is 0 Å². The van der Waals surface area contributed by atoms with Crippen LogP contribution in [0.3, 0.4) is 0 Å². The van der Waals surface area contributed by atoms with Gasteiger partial charge < -0.3 is 9.15 Å². The molecule has 0 amide bonds. The van der Waals surface area contributed by atoms with Crippen molar-refractivity contribution in [3.8, 4) is 23.3 Å². The molecule has 0 fully saturated rings. The van der Waals surface area contributed by atoms with Gasteiger partial charge in [-0.15, -0.1) is 10.2 Å². The van der Waals surface area contributed by atoms with Crippen molar-refractivity contribution < 1.29 is 9.15 Å². The van der Waals surface area contributed by atoms with Gasteiger partial charge in [0.2, 0.25) is 5.89 Å². The second kappa shape index (κ2) is 5.88. The molecule has 5 heteroatoms. The molecule has 3 rings (SSSR count). The van der Waals surface area contributed by atoms with Crippen LogP contribution < -0.4 is 4.74 Å². The monoisotopic (exact) mass is 277 g/mol. The van der Waals surface area contributed by atoms with E-state index in [-0.39, 0.29) is 6.61 Å². The summed E-state index contributed by atoms with van der Waals surface area (Å²) in [5, 5.41) is 16.9. The smallest absolute Gasteiger partial charge is 0.254 e. The highest BCUT2D eigenvalue weighted by Crippen LogP contribution is 2.20. The van der Waals surface area contributed by atoms with Gasteiger partial charge in [-0.3, -0.25) is 0 Å². The summed E-state index contributed by atoms with van der Waals surface area (Å²) in [6, 6.07) is 18.6. The molecule has 102 valence electrons. The van der Waals surface area contributed by atoms with Crippen molar-refractivity contribution in [3.05, 3.63) is 66.1 Å². The first-order valence-corrected chi connectivity index (χ1v) is 6.36. The maximum Gasteiger partial charge on any atom is 0.254 e. The predicted octanol–water partition coefficient (Wildman–Crippen LogP) is 3.19. The molecule has 5 nitrogen and oxygen atoms in total. The molecule has 0 aliphatic rings. The van der Waals surface area contributed by atoms with Gasteiger partial charge in [0.25, 0.3) is 5.89 Å². The Morgan fingerprint density at radius 2 is 1.76 bits per heavy atom. The third-order valence-electron chi connectivity index (χ3n) is 2.85. The van der Waals surface area contributed by atoms with Crippen LogP contribution in [-0.2, 0) is 6.61 Å². The molecule has 1 heterocycles. The standard InChI is InChI=1S/C16H11N3O2/c17-10-13-8-4-5-9-14(13)20-11-15-18-19-16(21-15)12-6-2-1-3-7-12/h1-9H,11H2. The first-order valence-electron chi connectivity index (χ1n) is 6.36. The fourth-order valence-corrected chi connectivity index (χ4v) is 1.83. The molecule has 0 unspecified atom stereocenters. The molecule has 0 N–H and O–H groups in total. The molecular weight excluding hydrogens is 266 g/mol. The van der Waals surface area contributed by atoms with Crippen molar-refractivity contribution >= 4 is 0 Å². The number of nitriles is 1. The summed E-state index contributed by atoms with van der Waals surface area (Å²) in [5.74, 6) is 1.31. The van der Waals surface area contributed by atoms with E-state index in [0.717, 1.165) is 5.56 Å². The van der Waals surface area contributed by atoms with E-state index in [1.165, 1.54) is 0 Å². The van der Waals surface area contributed by atoms with Crippen molar-refractivity contribution in [1.29, 1.82) is 5.26 Å². The van der Waals surface area contributed by atoms with E-state index in [1.54, 1.807) is 24.3 Å². The van der Waals surface area contributed by atoms with Gasteiger partial charge in [-0.1, -0.05) is 30.3 Å². The zero-order valence-electron chi connectivity index (χ0n) is 11.1. The fraction of sp³-hybridized carbons (Fsp3) is 0.0625. The quantitative estimate of drug-likeness (QED) is 0.732. The average molecular weight is 277 g/mol. The number of aromatic nitrogens is 2. The van der Waals surface area contributed by atoms with Crippen molar-refractivity contribution in [2.24, 2.45) is 0 Å². The SMILES string of the molecule is N#Cc1ccccc1OCc1nnc(-c2ccccc2)o1. The van der Waals surface area contributed by atoms with Crippen LogP contribution in [0, 0.1) is 11.3 Å². The molecule has 0 bridgehead atoms. The van der Waals surface area contributed by atoms with Crippen molar-refractivity contribution in [3.63, 3.8) is 0 Å². The topological polar surface area (TPSA) is 71.9 Å². The number of hydrogen-bond acceptors (Lipinski definition) is 5. The van der Waals surface area contributed by atoms with E-state index >= 15 is 0 Å². The van der Waals surface area contributed by atoms with Crippen LogP contribution in [0.5, 0.6) is 5.75 Å². The summed E-state index contributed by atoms with van der Waals surface area (Å²) in [6.07, 6.45) is 0. The number of rotatable bonds is 4. The molecular formula is C16H11N3O2. The number of hydrogen-bond donors (Lipinski definition) is 0. The predicted molar refractivity (Wildman–Crippen MR) is 75.2 cm³/mol. The highest BCUT2D eigenvalue weighted by molar-refractivity contribution is 5.51. The summed E-state index contributed by atoms with van der Waals surface area (Å²) in [6.45, 7) is 0.124. The van der Waals surface area contributed by atoms with E-state index in [2.05, 4.69) is 16.3 Å². The third-order valence-corrected chi connectivity index (χ3v) is 2.85. The van der Waals surface area contributed by atoms with E-state index < -0.39 is 0 Å². The van der Waals surface area contributed by atoms with Crippen LogP contribution in [0.15, 0.2) is 59.0 Å². The highest BCUT2D eigenvalue weighted by atomic mass is 16.5. The lowest BCUT2D eigenvalue weighted by Gasteiger charge is -2.04. The van der Waals surface area contributed by atoms with Gasteiger partial charge >= 0.3 is 0 Å². The van der Waals surface area contributed by atoms with Gasteiger partial charge in [0.15, 0.2) is 6.61 Å². The summed E-state index contributed by atoms with van der Waals surface area (Å²) < 4.78 is 11.1. The lowest BCUT2D eigenvalue weighted by Crippen LogP contribution is -1.97. The first-order chi connectivity index (χ1) is 10.4. The van der Waals surface area contributed by atoms with E-state index in [0.29, 0.717) is 23.1 Å². The van der Waals surface area contributed by atoms with Crippen molar-refractivity contribution in [2.45, 2.75) is 6.61 Å². The highest BCUT2D eigenvalue weighted by Gasteiger charge is 2.09. The van der Waals surface area contributed by atoms with Crippen LogP contribution in [0.4, 0.5) is 0 Å². The Hall–Kier alpha value is -3.13. The van der Waals surface area contributed by atoms with Gasteiger partial charge in [-0.2, -0.15) is 5.26 Å². The minimum atomic E-state index is 0.124. The molecule has 0 radical (unpaired) electrons. The zero-order valence-corrected chi connectivity index (χ0v) is 11.1. The minimum Gasteiger partial charge on any atom is -0.482 e. The molecule has 0 atom stereocenters. The van der Waals surface area contributed by atoms with Gasteiger partial charge in [0.05, 0.1) is 5.56 Å². The Balaban J connectivity index is 1.72. The molecule has 3 aromatic rings. The molecule has 0 saturated heterocycles. The normalized spacial score (nSPS) is 10.0. The van der Waals surface area contributed by atoms with Crippen LogP contribution in [-0.4, -0.2) is 10.2 Å². The molecule has 0 aliphatic carbocycles. The second-order valence-electron chi connectivity index (χ2n) is 4.26. The minimum absolute atomic E-state index is 0.124. The molecule has 21 heavy (non-hydrogen) atoms. The largest absolute Gasteiger partial charge is 0.482 e. The Labute approximate surface area is 121 Å². The maximum absolute atomic E-state index is 8.99. The summed E-state index contributed by atoms with van der Waals surface area (Å²) >= 11 is 0. The molecule has 0 saturated carbocycles. The van der Waals surface area contributed by atoms with Crippen LogP contribution in [0.25, 0.3) is 11.5 Å². The van der Waals surface area contributed by atoms with E-state index in [9.17, 15) is 0 Å². The Morgan fingerprint density at radius 1 is 1.00 bits per heavy atom. The van der Waals surface area contributed by atoms with Crippen molar-refractivity contribution in [2.75, 3.05) is 0 Å². The Bertz CT molecular complexity index is 775. The Kier molecular flexibility index (Phi) is 3.61. The molecule has 0 aliphatic heterocycles. The van der Waals surface area contributed by atoms with Crippen molar-refractivity contribution in [1.82, 2.24) is 10.2 Å². The summed E-state index contributed by atoms with van der Waals surface area (Å²) in [5.41, 5.74) is 1.33.